The first-order valence-electron chi connectivity index (χ1n) is 10.9. The fourth-order valence-corrected chi connectivity index (χ4v) is 7.33. The van der Waals surface area contributed by atoms with E-state index >= 15 is 0 Å². The van der Waals surface area contributed by atoms with Crippen molar-refractivity contribution in [2.24, 2.45) is 0 Å². The van der Waals surface area contributed by atoms with E-state index in [1.54, 1.807) is 24.3 Å². The number of likely N-dealkylation sites (N-methyl/N-ethyl adjacent to an activating group) is 1. The molecule has 4 heterocycles. The van der Waals surface area contributed by atoms with E-state index in [1.807, 2.05) is 7.05 Å². The Kier molecular flexibility index (Phi) is 6.13. The molecule has 12 heteroatoms. The van der Waals surface area contributed by atoms with Crippen LogP contribution in [0.15, 0.2) is 24.3 Å². The van der Waals surface area contributed by atoms with E-state index in [0.29, 0.717) is 15.7 Å². The van der Waals surface area contributed by atoms with E-state index in [-0.39, 0.29) is 23.8 Å². The van der Waals surface area contributed by atoms with Gasteiger partial charge in [-0.1, -0.05) is 11.6 Å². The quantitative estimate of drug-likeness (QED) is 0.482. The Hall–Kier alpha value is -2.47. The molecule has 34 heavy (non-hydrogen) atoms. The number of nitrogens with one attached hydrogen (secondary N) is 3. The van der Waals surface area contributed by atoms with Crippen LogP contribution in [-0.2, 0) is 22.8 Å². The lowest BCUT2D eigenvalue weighted by Crippen LogP contribution is -2.58. The minimum atomic E-state index is -3.34. The maximum Gasteiger partial charge on any atom is 0.280 e. The van der Waals surface area contributed by atoms with E-state index in [9.17, 15) is 18.0 Å². The SMILES string of the molecule is CN1CCc2nc(C(=O)N[C@@H]3CS(=O)(=O)CC[C@H]3NC(=O)c3cc4cc(Cl)ccc4[nH]3)sc2C1. The number of amides is 2. The summed E-state index contributed by atoms with van der Waals surface area (Å²) in [6, 6.07) is 5.69. The van der Waals surface area contributed by atoms with Crippen molar-refractivity contribution >= 4 is 55.5 Å². The van der Waals surface area contributed by atoms with Crippen molar-refractivity contribution in [1.29, 1.82) is 0 Å². The maximum atomic E-state index is 13.0. The first-order chi connectivity index (χ1) is 16.2. The van der Waals surface area contributed by atoms with Crippen LogP contribution in [0, 0.1) is 0 Å². The van der Waals surface area contributed by atoms with Gasteiger partial charge in [0.2, 0.25) is 0 Å². The van der Waals surface area contributed by atoms with Crippen molar-refractivity contribution in [3.63, 3.8) is 0 Å². The summed E-state index contributed by atoms with van der Waals surface area (Å²) in [6.07, 6.45) is 0.992. The molecule has 2 aliphatic rings. The molecule has 3 N–H and O–H groups in total. The summed E-state index contributed by atoms with van der Waals surface area (Å²) in [5.74, 6) is -1.07. The summed E-state index contributed by atoms with van der Waals surface area (Å²) in [4.78, 5) is 36.7. The summed E-state index contributed by atoms with van der Waals surface area (Å²) in [6.45, 7) is 1.62. The molecular weight excluding hydrogens is 498 g/mol. The molecule has 2 aromatic heterocycles. The van der Waals surface area contributed by atoms with Crippen molar-refractivity contribution in [1.82, 2.24) is 25.5 Å². The number of aromatic nitrogens is 2. The minimum Gasteiger partial charge on any atom is -0.351 e. The van der Waals surface area contributed by atoms with Gasteiger partial charge in [0.1, 0.15) is 5.69 Å². The molecule has 1 aromatic carbocycles. The monoisotopic (exact) mass is 521 g/mol. The molecule has 0 saturated carbocycles. The molecule has 3 aromatic rings. The normalized spacial score (nSPS) is 22.3. The average molecular weight is 522 g/mol. The molecule has 5 rings (SSSR count). The number of carbonyl (C=O) groups excluding carboxylic acids is 2. The lowest BCUT2D eigenvalue weighted by atomic mass is 10.1. The highest BCUT2D eigenvalue weighted by Gasteiger charge is 2.36. The van der Waals surface area contributed by atoms with Gasteiger partial charge in [-0.25, -0.2) is 13.4 Å². The number of nitrogens with zero attached hydrogens (tertiary/aromatic N) is 2. The highest BCUT2D eigenvalue weighted by molar-refractivity contribution is 7.91. The number of fused-ring (bicyclic) bond motifs is 2. The van der Waals surface area contributed by atoms with Crippen LogP contribution in [0.1, 0.15) is 37.3 Å². The fraction of sp³-hybridized carbons (Fsp3) is 0.409. The summed E-state index contributed by atoms with van der Waals surface area (Å²) in [5.41, 5.74) is 2.03. The Morgan fingerprint density at radius 3 is 2.82 bits per heavy atom. The second kappa shape index (κ2) is 8.95. The number of carbonyl (C=O) groups is 2. The van der Waals surface area contributed by atoms with Gasteiger partial charge in [0, 0.05) is 40.3 Å². The zero-order chi connectivity index (χ0) is 24.0. The van der Waals surface area contributed by atoms with E-state index in [4.69, 9.17) is 11.6 Å². The van der Waals surface area contributed by atoms with E-state index in [1.165, 1.54) is 11.3 Å². The Morgan fingerprint density at radius 1 is 1.21 bits per heavy atom. The Morgan fingerprint density at radius 2 is 2.00 bits per heavy atom. The van der Waals surface area contributed by atoms with Gasteiger partial charge in [-0.2, -0.15) is 0 Å². The molecule has 2 aliphatic heterocycles. The standard InChI is InChI=1S/C22H24ClN5O4S2/c1-28-6-4-16-19(10-28)33-22(27-16)21(30)26-18-11-34(31,32)7-5-15(18)25-20(29)17-9-12-8-13(23)2-3-14(12)24-17/h2-3,8-9,15,18,24H,4-7,10-11H2,1H3,(H,25,29)(H,26,30)/t15-,18-/m1/s1. The van der Waals surface area contributed by atoms with Crippen LogP contribution >= 0.6 is 22.9 Å². The van der Waals surface area contributed by atoms with Crippen molar-refractivity contribution < 1.29 is 18.0 Å². The summed E-state index contributed by atoms with van der Waals surface area (Å²) < 4.78 is 24.6. The maximum absolute atomic E-state index is 13.0. The molecular formula is C22H24ClN5O4S2. The third-order valence-electron chi connectivity index (χ3n) is 6.24. The smallest absolute Gasteiger partial charge is 0.280 e. The van der Waals surface area contributed by atoms with E-state index < -0.39 is 27.8 Å². The lowest BCUT2D eigenvalue weighted by Gasteiger charge is -2.32. The van der Waals surface area contributed by atoms with E-state index in [2.05, 4.69) is 25.5 Å². The van der Waals surface area contributed by atoms with Crippen LogP contribution in [0.2, 0.25) is 5.02 Å². The highest BCUT2D eigenvalue weighted by Crippen LogP contribution is 2.25. The molecule has 1 saturated heterocycles. The molecule has 0 unspecified atom stereocenters. The number of sulfone groups is 1. The Labute approximate surface area is 205 Å². The molecule has 0 bridgehead atoms. The fourth-order valence-electron chi connectivity index (χ4n) is 4.42. The number of H-pyrrole nitrogens is 1. The van der Waals surface area contributed by atoms with Gasteiger partial charge in [0.15, 0.2) is 14.8 Å². The second-order valence-corrected chi connectivity index (χ2v) is 12.6. The van der Waals surface area contributed by atoms with Crippen LogP contribution < -0.4 is 10.6 Å². The van der Waals surface area contributed by atoms with Gasteiger partial charge < -0.3 is 20.5 Å². The molecule has 0 aliphatic carbocycles. The number of halogens is 1. The lowest BCUT2D eigenvalue weighted by molar-refractivity contribution is 0.0882. The number of thiazole rings is 1. The highest BCUT2D eigenvalue weighted by atomic mass is 35.5. The van der Waals surface area contributed by atoms with Gasteiger partial charge in [-0.3, -0.25) is 9.59 Å². The van der Waals surface area contributed by atoms with Gasteiger partial charge in [0.25, 0.3) is 11.8 Å². The second-order valence-electron chi connectivity index (χ2n) is 8.85. The zero-order valence-corrected chi connectivity index (χ0v) is 20.8. The van der Waals surface area contributed by atoms with Crippen LogP contribution in [0.3, 0.4) is 0 Å². The Balaban J connectivity index is 1.32. The average Bonchev–Trinajstić information content (AvgIpc) is 3.38. The predicted molar refractivity (Wildman–Crippen MR) is 131 cm³/mol. The first-order valence-corrected chi connectivity index (χ1v) is 14.0. The van der Waals surface area contributed by atoms with Crippen LogP contribution in [0.5, 0.6) is 0 Å². The van der Waals surface area contributed by atoms with Gasteiger partial charge >= 0.3 is 0 Å². The predicted octanol–water partition coefficient (Wildman–Crippen LogP) is 1.98. The number of hydrogen-bond acceptors (Lipinski definition) is 7. The minimum absolute atomic E-state index is 0.0511. The summed E-state index contributed by atoms with van der Waals surface area (Å²) in [7, 11) is -1.32. The molecule has 0 spiro atoms. The van der Waals surface area contributed by atoms with Gasteiger partial charge in [-0.15, -0.1) is 11.3 Å². The van der Waals surface area contributed by atoms with Gasteiger partial charge in [-0.05, 0) is 37.7 Å². The first kappa shape index (κ1) is 23.3. The largest absolute Gasteiger partial charge is 0.351 e. The number of aromatic amines is 1. The zero-order valence-electron chi connectivity index (χ0n) is 18.4. The molecule has 2 atom stereocenters. The van der Waals surface area contributed by atoms with Gasteiger partial charge in [0.05, 0.1) is 29.3 Å². The molecule has 2 amide bonds. The van der Waals surface area contributed by atoms with Crippen molar-refractivity contribution in [2.45, 2.75) is 31.5 Å². The molecule has 0 radical (unpaired) electrons. The summed E-state index contributed by atoms with van der Waals surface area (Å²) in [5, 5.41) is 7.41. The van der Waals surface area contributed by atoms with Crippen molar-refractivity contribution in [3.05, 3.63) is 50.6 Å². The number of rotatable bonds is 4. The van der Waals surface area contributed by atoms with Crippen LogP contribution in [0.25, 0.3) is 10.9 Å². The van der Waals surface area contributed by atoms with Crippen LogP contribution in [0.4, 0.5) is 0 Å². The molecule has 1 fully saturated rings. The Bertz CT molecular complexity index is 1380. The number of benzene rings is 1. The van der Waals surface area contributed by atoms with E-state index in [0.717, 1.165) is 41.0 Å². The van der Waals surface area contributed by atoms with Crippen molar-refractivity contribution in [2.75, 3.05) is 25.1 Å². The van der Waals surface area contributed by atoms with Crippen molar-refractivity contribution in [3.8, 4) is 0 Å². The third-order valence-corrected chi connectivity index (χ3v) is 9.28. The molecule has 9 nitrogen and oxygen atoms in total. The molecule has 180 valence electrons. The topological polar surface area (TPSA) is 124 Å². The summed E-state index contributed by atoms with van der Waals surface area (Å²) >= 11 is 7.36. The van der Waals surface area contributed by atoms with Crippen LogP contribution in [-0.4, -0.2) is 72.3 Å². The number of hydrogen-bond donors (Lipinski definition) is 3. The third kappa shape index (κ3) is 4.83.